The van der Waals surface area contributed by atoms with E-state index in [0.29, 0.717) is 47.7 Å². The zero-order chi connectivity index (χ0) is 22.2. The summed E-state index contributed by atoms with van der Waals surface area (Å²) in [6.07, 6.45) is 0. The van der Waals surface area contributed by atoms with Gasteiger partial charge in [0.1, 0.15) is 5.58 Å². The van der Waals surface area contributed by atoms with Gasteiger partial charge in [0.15, 0.2) is 5.76 Å². The zero-order valence-electron chi connectivity index (χ0n) is 18.0. The lowest BCUT2D eigenvalue weighted by Gasteiger charge is -2.33. The predicted octanol–water partition coefficient (Wildman–Crippen LogP) is 4.71. The summed E-state index contributed by atoms with van der Waals surface area (Å²) in [7, 11) is 0. The largest absolute Gasteiger partial charge is 0.451 e. The first-order chi connectivity index (χ1) is 15.5. The highest BCUT2D eigenvalue weighted by Crippen LogP contribution is 2.29. The van der Waals surface area contributed by atoms with Crippen LogP contribution in [0, 0.1) is 13.8 Å². The fourth-order valence-corrected chi connectivity index (χ4v) is 4.27. The van der Waals surface area contributed by atoms with E-state index in [2.05, 4.69) is 15.0 Å². The van der Waals surface area contributed by atoms with Gasteiger partial charge in [0.2, 0.25) is 11.7 Å². The lowest BCUT2D eigenvalue weighted by atomic mass is 10.1. The van der Waals surface area contributed by atoms with Gasteiger partial charge in [-0.3, -0.25) is 9.69 Å². The molecule has 0 saturated carbocycles. The average molecular weight is 451 g/mol. The van der Waals surface area contributed by atoms with Crippen LogP contribution in [0.1, 0.15) is 27.6 Å². The van der Waals surface area contributed by atoms with Crippen molar-refractivity contribution >= 4 is 28.5 Å². The van der Waals surface area contributed by atoms with Crippen LogP contribution in [0.2, 0.25) is 5.02 Å². The normalized spacial score (nSPS) is 14.9. The molecular weight excluding hydrogens is 428 g/mol. The molecule has 4 aromatic rings. The molecule has 0 unspecified atom stereocenters. The van der Waals surface area contributed by atoms with Crippen molar-refractivity contribution in [2.24, 2.45) is 0 Å². The third-order valence-electron chi connectivity index (χ3n) is 5.96. The Bertz CT molecular complexity index is 1290. The number of nitrogens with zero attached hydrogens (tertiary/aromatic N) is 4. The summed E-state index contributed by atoms with van der Waals surface area (Å²) in [5.74, 6) is 1.48. The molecule has 8 heteroatoms. The second-order valence-corrected chi connectivity index (χ2v) is 8.53. The van der Waals surface area contributed by atoms with Gasteiger partial charge in [-0.05, 0) is 37.6 Å². The van der Waals surface area contributed by atoms with Crippen LogP contribution >= 0.6 is 11.6 Å². The van der Waals surface area contributed by atoms with Crippen molar-refractivity contribution in [1.29, 1.82) is 0 Å². The van der Waals surface area contributed by atoms with Crippen molar-refractivity contribution in [2.45, 2.75) is 20.4 Å². The van der Waals surface area contributed by atoms with E-state index in [1.54, 1.807) is 12.1 Å². The number of carbonyl (C=O) groups excluding carboxylic acids is 1. The first kappa shape index (κ1) is 20.7. The number of hydrogen-bond acceptors (Lipinski definition) is 6. The van der Waals surface area contributed by atoms with Gasteiger partial charge >= 0.3 is 0 Å². The smallest absolute Gasteiger partial charge is 0.289 e. The highest BCUT2D eigenvalue weighted by atomic mass is 35.5. The molecule has 3 heterocycles. The lowest BCUT2D eigenvalue weighted by Crippen LogP contribution is -2.48. The SMILES string of the molecule is Cc1ccccc1-c1noc(CN2CCN(C(=O)c3oc4ccc(Cl)cc4c3C)CC2)n1. The Morgan fingerprint density at radius 2 is 1.88 bits per heavy atom. The van der Waals surface area contributed by atoms with E-state index in [4.69, 9.17) is 20.5 Å². The number of fused-ring (bicyclic) bond motifs is 1. The molecule has 2 aromatic carbocycles. The molecule has 1 aliphatic rings. The molecule has 0 radical (unpaired) electrons. The fourth-order valence-electron chi connectivity index (χ4n) is 4.09. The number of carbonyl (C=O) groups is 1. The molecule has 5 rings (SSSR count). The van der Waals surface area contributed by atoms with Crippen molar-refractivity contribution in [2.75, 3.05) is 26.2 Å². The van der Waals surface area contributed by atoms with Crippen molar-refractivity contribution < 1.29 is 13.7 Å². The van der Waals surface area contributed by atoms with Gasteiger partial charge in [-0.15, -0.1) is 0 Å². The number of hydrogen-bond donors (Lipinski definition) is 0. The molecule has 0 aliphatic carbocycles. The van der Waals surface area contributed by atoms with Gasteiger partial charge < -0.3 is 13.8 Å². The molecule has 0 atom stereocenters. The quantitative estimate of drug-likeness (QED) is 0.448. The number of aromatic nitrogens is 2. The number of furan rings is 1. The Morgan fingerprint density at radius 1 is 1.09 bits per heavy atom. The maximum Gasteiger partial charge on any atom is 0.289 e. The van der Waals surface area contributed by atoms with Crippen molar-refractivity contribution in [3.8, 4) is 11.4 Å². The minimum Gasteiger partial charge on any atom is -0.451 e. The Kier molecular flexibility index (Phi) is 5.45. The number of halogens is 1. The third-order valence-corrected chi connectivity index (χ3v) is 6.20. The first-order valence-electron chi connectivity index (χ1n) is 10.6. The minimum atomic E-state index is -0.0888. The number of amides is 1. The Hall–Kier alpha value is -3.16. The number of piperazine rings is 1. The van der Waals surface area contributed by atoms with E-state index in [-0.39, 0.29) is 5.91 Å². The van der Waals surface area contributed by atoms with E-state index in [0.717, 1.165) is 35.2 Å². The van der Waals surface area contributed by atoms with Crippen LogP contribution < -0.4 is 0 Å². The van der Waals surface area contributed by atoms with Gasteiger partial charge in [0.25, 0.3) is 5.91 Å². The topological polar surface area (TPSA) is 75.6 Å². The van der Waals surface area contributed by atoms with Gasteiger partial charge in [0.05, 0.1) is 6.54 Å². The van der Waals surface area contributed by atoms with E-state index in [1.807, 2.05) is 49.1 Å². The molecule has 0 N–H and O–H groups in total. The molecule has 1 saturated heterocycles. The summed E-state index contributed by atoms with van der Waals surface area (Å²) in [6.45, 7) is 7.14. The molecule has 32 heavy (non-hydrogen) atoms. The Labute approximate surface area is 190 Å². The van der Waals surface area contributed by atoms with Crippen LogP contribution in [0.4, 0.5) is 0 Å². The Morgan fingerprint density at radius 3 is 2.66 bits per heavy atom. The van der Waals surface area contributed by atoms with Crippen LogP contribution in [0.15, 0.2) is 51.4 Å². The number of benzene rings is 2. The summed E-state index contributed by atoms with van der Waals surface area (Å²) in [5, 5.41) is 5.63. The molecule has 1 fully saturated rings. The zero-order valence-corrected chi connectivity index (χ0v) is 18.7. The van der Waals surface area contributed by atoms with E-state index < -0.39 is 0 Å². The molecule has 1 amide bonds. The predicted molar refractivity (Wildman–Crippen MR) is 122 cm³/mol. The van der Waals surface area contributed by atoms with Crippen LogP contribution in [-0.2, 0) is 6.54 Å². The summed E-state index contributed by atoms with van der Waals surface area (Å²) in [6, 6.07) is 13.4. The molecule has 7 nitrogen and oxygen atoms in total. The highest BCUT2D eigenvalue weighted by molar-refractivity contribution is 6.31. The summed E-state index contributed by atoms with van der Waals surface area (Å²) in [5.41, 5.74) is 3.58. The van der Waals surface area contributed by atoms with Crippen LogP contribution in [0.5, 0.6) is 0 Å². The van der Waals surface area contributed by atoms with Crippen LogP contribution in [0.3, 0.4) is 0 Å². The van der Waals surface area contributed by atoms with Gasteiger partial charge in [-0.2, -0.15) is 4.98 Å². The summed E-state index contributed by atoms with van der Waals surface area (Å²) >= 11 is 6.09. The highest BCUT2D eigenvalue weighted by Gasteiger charge is 2.27. The molecule has 164 valence electrons. The molecule has 1 aliphatic heterocycles. The van der Waals surface area contributed by atoms with E-state index >= 15 is 0 Å². The van der Waals surface area contributed by atoms with Gasteiger partial charge in [-0.25, -0.2) is 0 Å². The third kappa shape index (κ3) is 3.89. The molecule has 0 spiro atoms. The van der Waals surface area contributed by atoms with Crippen molar-refractivity contribution in [3.63, 3.8) is 0 Å². The summed E-state index contributed by atoms with van der Waals surface area (Å²) < 4.78 is 11.3. The molecular formula is C24H23ClN4O3. The maximum absolute atomic E-state index is 13.1. The molecule has 0 bridgehead atoms. The number of rotatable bonds is 4. The van der Waals surface area contributed by atoms with Crippen LogP contribution in [0.25, 0.3) is 22.4 Å². The minimum absolute atomic E-state index is 0.0888. The van der Waals surface area contributed by atoms with Crippen LogP contribution in [-0.4, -0.2) is 52.0 Å². The maximum atomic E-state index is 13.1. The standard InChI is InChI=1S/C24H23ClN4O3/c1-15-5-3-4-6-18(15)23-26-21(32-27-23)14-28-9-11-29(12-10-28)24(30)22-16(2)19-13-17(25)7-8-20(19)31-22/h3-8,13H,9-12,14H2,1-2H3. The second-order valence-electron chi connectivity index (χ2n) is 8.09. The van der Waals surface area contributed by atoms with E-state index in [9.17, 15) is 4.79 Å². The average Bonchev–Trinajstić information content (AvgIpc) is 3.39. The Balaban J connectivity index is 1.23. The van der Waals surface area contributed by atoms with Crippen molar-refractivity contribution in [3.05, 3.63) is 70.3 Å². The van der Waals surface area contributed by atoms with Gasteiger partial charge in [-0.1, -0.05) is 41.0 Å². The number of aryl methyl sites for hydroxylation is 2. The molecule has 2 aromatic heterocycles. The van der Waals surface area contributed by atoms with E-state index in [1.165, 1.54) is 0 Å². The summed E-state index contributed by atoms with van der Waals surface area (Å²) in [4.78, 5) is 21.7. The monoisotopic (exact) mass is 450 g/mol. The van der Waals surface area contributed by atoms with Crippen molar-refractivity contribution in [1.82, 2.24) is 19.9 Å². The second kappa shape index (κ2) is 8.41. The first-order valence-corrected chi connectivity index (χ1v) is 11.0. The lowest BCUT2D eigenvalue weighted by molar-refractivity contribution is 0.0586. The van der Waals surface area contributed by atoms with Gasteiger partial charge in [0, 0.05) is 47.7 Å². The fraction of sp³-hybridized carbons (Fsp3) is 0.292.